The molecule has 2 amide bonds. The van der Waals surface area contributed by atoms with E-state index in [1.165, 1.54) is 0 Å². The molecule has 0 saturated carbocycles. The largest absolute Gasteiger partial charge is 0.376 e. The van der Waals surface area contributed by atoms with Crippen molar-refractivity contribution in [2.24, 2.45) is 0 Å². The zero-order valence-electron chi connectivity index (χ0n) is 12.4. The first-order chi connectivity index (χ1) is 11.1. The summed E-state index contributed by atoms with van der Waals surface area (Å²) in [4.78, 5) is 23.3. The van der Waals surface area contributed by atoms with Crippen LogP contribution in [0.15, 0.2) is 18.2 Å². The summed E-state index contributed by atoms with van der Waals surface area (Å²) in [6.45, 7) is 0.759. The van der Waals surface area contributed by atoms with Crippen LogP contribution in [0.25, 0.3) is 0 Å². The van der Waals surface area contributed by atoms with Crippen LogP contribution in [0.3, 0.4) is 0 Å². The van der Waals surface area contributed by atoms with E-state index in [4.69, 9.17) is 32.7 Å². The average Bonchev–Trinajstić information content (AvgIpc) is 3.03. The summed E-state index contributed by atoms with van der Waals surface area (Å²) in [6.07, 6.45) is 2.04. The van der Waals surface area contributed by atoms with Gasteiger partial charge in [0.15, 0.2) is 0 Å². The van der Waals surface area contributed by atoms with Crippen molar-refractivity contribution < 1.29 is 19.1 Å². The molecule has 1 heterocycles. The monoisotopic (exact) mass is 360 g/mol. The zero-order chi connectivity index (χ0) is 16.7. The lowest BCUT2D eigenvalue weighted by Gasteiger charge is -2.11. The Morgan fingerprint density at radius 2 is 2.04 bits per heavy atom. The first-order valence-electron chi connectivity index (χ1n) is 7.26. The lowest BCUT2D eigenvalue weighted by Crippen LogP contribution is -2.35. The van der Waals surface area contributed by atoms with Gasteiger partial charge in [-0.15, -0.1) is 0 Å². The molecule has 126 valence electrons. The third kappa shape index (κ3) is 5.99. The quantitative estimate of drug-likeness (QED) is 0.781. The molecule has 0 radical (unpaired) electrons. The van der Waals surface area contributed by atoms with E-state index in [0.29, 0.717) is 17.3 Å². The van der Waals surface area contributed by atoms with Crippen LogP contribution in [0.5, 0.6) is 0 Å². The summed E-state index contributed by atoms with van der Waals surface area (Å²) in [6, 6.07) is 4.91. The fourth-order valence-corrected chi connectivity index (χ4v) is 2.45. The molecule has 1 aliphatic rings. The number of benzene rings is 1. The molecule has 0 aliphatic carbocycles. The summed E-state index contributed by atoms with van der Waals surface area (Å²) in [7, 11) is 0. The highest BCUT2D eigenvalue weighted by molar-refractivity contribution is 6.43. The van der Waals surface area contributed by atoms with Crippen molar-refractivity contribution in [1.82, 2.24) is 5.32 Å². The zero-order valence-corrected chi connectivity index (χ0v) is 14.0. The number of carbonyl (C=O) groups excluding carboxylic acids is 2. The molecule has 0 spiro atoms. The van der Waals surface area contributed by atoms with Crippen molar-refractivity contribution in [3.05, 3.63) is 28.2 Å². The Morgan fingerprint density at radius 3 is 2.78 bits per heavy atom. The molecule has 23 heavy (non-hydrogen) atoms. The molecule has 0 unspecified atom stereocenters. The molecule has 8 heteroatoms. The summed E-state index contributed by atoms with van der Waals surface area (Å²) in [5.74, 6) is -0.699. The molecule has 0 bridgehead atoms. The normalized spacial score (nSPS) is 17.0. The second kappa shape index (κ2) is 9.08. The van der Waals surface area contributed by atoms with E-state index in [2.05, 4.69) is 10.6 Å². The lowest BCUT2D eigenvalue weighted by atomic mass is 10.2. The van der Waals surface area contributed by atoms with Gasteiger partial charge in [-0.2, -0.15) is 0 Å². The summed E-state index contributed by atoms with van der Waals surface area (Å²) >= 11 is 11.8. The Hall–Kier alpha value is -1.34. The molecule has 1 atom stereocenters. The maximum Gasteiger partial charge on any atom is 0.250 e. The number of ether oxygens (including phenoxy) is 2. The van der Waals surface area contributed by atoms with Gasteiger partial charge in [-0.25, -0.2) is 0 Å². The van der Waals surface area contributed by atoms with E-state index in [1.54, 1.807) is 18.2 Å². The van der Waals surface area contributed by atoms with Crippen molar-refractivity contribution >= 4 is 40.7 Å². The highest BCUT2D eigenvalue weighted by Crippen LogP contribution is 2.29. The average molecular weight is 361 g/mol. The van der Waals surface area contributed by atoms with Crippen LogP contribution < -0.4 is 10.6 Å². The van der Waals surface area contributed by atoms with Gasteiger partial charge in [-0.1, -0.05) is 29.3 Å². The third-order valence-electron chi connectivity index (χ3n) is 3.24. The van der Waals surface area contributed by atoms with E-state index in [-0.39, 0.29) is 30.2 Å². The first-order valence-corrected chi connectivity index (χ1v) is 8.02. The molecule has 1 saturated heterocycles. The fourth-order valence-electron chi connectivity index (χ4n) is 2.11. The molecule has 1 aliphatic heterocycles. The number of rotatable bonds is 7. The smallest absolute Gasteiger partial charge is 0.250 e. The van der Waals surface area contributed by atoms with Crippen LogP contribution in [0.4, 0.5) is 5.69 Å². The highest BCUT2D eigenvalue weighted by atomic mass is 35.5. The predicted octanol–water partition coefficient (Wildman–Crippen LogP) is 2.24. The van der Waals surface area contributed by atoms with Gasteiger partial charge in [0.2, 0.25) is 11.8 Å². The number of hydrogen-bond acceptors (Lipinski definition) is 4. The fraction of sp³-hybridized carbons (Fsp3) is 0.467. The highest BCUT2D eigenvalue weighted by Gasteiger charge is 2.16. The number of carbonyl (C=O) groups is 2. The summed E-state index contributed by atoms with van der Waals surface area (Å²) < 4.78 is 10.5. The number of amides is 2. The molecule has 1 aromatic rings. The second-order valence-corrected chi connectivity index (χ2v) is 5.87. The molecule has 2 N–H and O–H groups in total. The van der Waals surface area contributed by atoms with Gasteiger partial charge in [-0.3, -0.25) is 9.59 Å². The Balaban J connectivity index is 1.64. The Labute approximate surface area is 144 Å². The van der Waals surface area contributed by atoms with Crippen molar-refractivity contribution in [2.75, 3.05) is 31.7 Å². The molecular weight excluding hydrogens is 343 g/mol. The molecule has 6 nitrogen and oxygen atoms in total. The number of anilines is 1. The Kier molecular flexibility index (Phi) is 7.11. The maximum atomic E-state index is 11.7. The third-order valence-corrected chi connectivity index (χ3v) is 4.06. The summed E-state index contributed by atoms with van der Waals surface area (Å²) in [5, 5.41) is 5.88. The van der Waals surface area contributed by atoms with Crippen molar-refractivity contribution in [2.45, 2.75) is 18.9 Å². The predicted molar refractivity (Wildman–Crippen MR) is 87.9 cm³/mol. The second-order valence-electron chi connectivity index (χ2n) is 5.08. The molecule has 1 fully saturated rings. The van der Waals surface area contributed by atoms with Gasteiger partial charge in [0.05, 0.1) is 21.8 Å². The maximum absolute atomic E-state index is 11.7. The Morgan fingerprint density at radius 1 is 1.26 bits per heavy atom. The van der Waals surface area contributed by atoms with Crippen LogP contribution in [0.2, 0.25) is 10.0 Å². The SMILES string of the molecule is O=C(COCC(=O)Nc1cccc(Cl)c1Cl)NC[C@H]1CCCO1. The van der Waals surface area contributed by atoms with Crippen LogP contribution >= 0.6 is 23.2 Å². The van der Waals surface area contributed by atoms with E-state index in [0.717, 1.165) is 19.4 Å². The number of halogens is 2. The van der Waals surface area contributed by atoms with E-state index in [1.807, 2.05) is 0 Å². The van der Waals surface area contributed by atoms with Gasteiger partial charge < -0.3 is 20.1 Å². The minimum atomic E-state index is -0.416. The topological polar surface area (TPSA) is 76.7 Å². The molecule has 1 aromatic carbocycles. The van der Waals surface area contributed by atoms with E-state index >= 15 is 0 Å². The minimum absolute atomic E-state index is 0.0761. The van der Waals surface area contributed by atoms with E-state index < -0.39 is 5.91 Å². The summed E-state index contributed by atoms with van der Waals surface area (Å²) in [5.41, 5.74) is 0.399. The van der Waals surface area contributed by atoms with Gasteiger partial charge in [0.25, 0.3) is 0 Å². The van der Waals surface area contributed by atoms with Gasteiger partial charge in [0, 0.05) is 13.2 Å². The standard InChI is InChI=1S/C15H18Cl2N2O4/c16-11-4-1-5-12(15(11)17)19-14(21)9-22-8-13(20)18-7-10-3-2-6-23-10/h1,4-5,10H,2-3,6-9H2,(H,18,20)(H,19,21)/t10-/m1/s1. The van der Waals surface area contributed by atoms with Crippen molar-refractivity contribution in [1.29, 1.82) is 0 Å². The van der Waals surface area contributed by atoms with Crippen molar-refractivity contribution in [3.63, 3.8) is 0 Å². The lowest BCUT2D eigenvalue weighted by molar-refractivity contribution is -0.129. The van der Waals surface area contributed by atoms with Crippen LogP contribution in [0, 0.1) is 0 Å². The van der Waals surface area contributed by atoms with Crippen molar-refractivity contribution in [3.8, 4) is 0 Å². The number of hydrogen-bond donors (Lipinski definition) is 2. The molecule has 2 rings (SSSR count). The molecular formula is C15H18Cl2N2O4. The van der Waals surface area contributed by atoms with Gasteiger partial charge in [0.1, 0.15) is 13.2 Å². The Bertz CT molecular complexity index is 562. The van der Waals surface area contributed by atoms with Crippen LogP contribution in [-0.4, -0.2) is 44.3 Å². The first kappa shape index (κ1) is 18.0. The van der Waals surface area contributed by atoms with E-state index in [9.17, 15) is 9.59 Å². The van der Waals surface area contributed by atoms with Crippen LogP contribution in [0.1, 0.15) is 12.8 Å². The van der Waals surface area contributed by atoms with Gasteiger partial charge in [-0.05, 0) is 25.0 Å². The van der Waals surface area contributed by atoms with Gasteiger partial charge >= 0.3 is 0 Å². The van der Waals surface area contributed by atoms with Crippen LogP contribution in [-0.2, 0) is 19.1 Å². The molecule has 0 aromatic heterocycles. The number of nitrogens with one attached hydrogen (secondary N) is 2. The minimum Gasteiger partial charge on any atom is -0.376 e.